The zero-order valence-corrected chi connectivity index (χ0v) is 16.8. The summed E-state index contributed by atoms with van der Waals surface area (Å²) in [6, 6.07) is 25.7. The van der Waals surface area contributed by atoms with Crippen molar-refractivity contribution in [2.75, 3.05) is 14.1 Å². The fourth-order valence-electron chi connectivity index (χ4n) is 4.68. The number of hydrogen-bond acceptors (Lipinski definition) is 1. The quantitative estimate of drug-likeness (QED) is 0.431. The maximum atomic E-state index is 2.44. The van der Waals surface area contributed by atoms with Crippen molar-refractivity contribution in [2.45, 2.75) is 32.2 Å². The first-order valence-corrected chi connectivity index (χ1v) is 10.4. The van der Waals surface area contributed by atoms with E-state index in [2.05, 4.69) is 85.7 Å². The third kappa shape index (κ3) is 3.21. The SMILES string of the molecule is CN(C)Cc1cc2c3ccc(ccc1-3)CCc1ccc3ccc(c-3cc1)CC2. The summed E-state index contributed by atoms with van der Waals surface area (Å²) in [5, 5.41) is 0. The summed E-state index contributed by atoms with van der Waals surface area (Å²) in [5.41, 5.74) is 12.9. The molecule has 0 atom stereocenters. The summed E-state index contributed by atoms with van der Waals surface area (Å²) in [7, 11) is 4.31. The van der Waals surface area contributed by atoms with Crippen molar-refractivity contribution in [3.8, 4) is 22.3 Å². The highest BCUT2D eigenvalue weighted by molar-refractivity contribution is 5.75. The third-order valence-corrected chi connectivity index (χ3v) is 6.17. The van der Waals surface area contributed by atoms with Crippen LogP contribution in [0.5, 0.6) is 0 Å². The summed E-state index contributed by atoms with van der Waals surface area (Å²) in [4.78, 5) is 2.27. The molecule has 0 N–H and O–H groups in total. The van der Waals surface area contributed by atoms with E-state index in [9.17, 15) is 0 Å². The van der Waals surface area contributed by atoms with Crippen molar-refractivity contribution in [1.82, 2.24) is 4.90 Å². The van der Waals surface area contributed by atoms with E-state index in [-0.39, 0.29) is 0 Å². The van der Waals surface area contributed by atoms with Gasteiger partial charge >= 0.3 is 0 Å². The van der Waals surface area contributed by atoms with Crippen molar-refractivity contribution in [3.05, 3.63) is 94.5 Å². The normalized spacial score (nSPS) is 14.0. The number of hydrogen-bond donors (Lipinski definition) is 0. The molecule has 5 aliphatic carbocycles. The highest BCUT2D eigenvalue weighted by Gasteiger charge is 2.17. The van der Waals surface area contributed by atoms with Crippen LogP contribution < -0.4 is 0 Å². The lowest BCUT2D eigenvalue weighted by molar-refractivity contribution is 0.403. The topological polar surface area (TPSA) is 3.24 Å². The largest absolute Gasteiger partial charge is 0.305 e. The molecular weight excluding hydrogens is 338 g/mol. The second-order valence-electron chi connectivity index (χ2n) is 8.47. The molecule has 4 bridgehead atoms. The van der Waals surface area contributed by atoms with Gasteiger partial charge in [-0.25, -0.2) is 0 Å². The molecular formula is C27H27N. The van der Waals surface area contributed by atoms with Gasteiger partial charge in [0.25, 0.3) is 0 Å². The second kappa shape index (κ2) is 7.07. The standard InChI is InChI=1S/C27H27N/c1-28(2)18-24-17-23-13-12-22-11-10-21-9-5-19(6-14-25(21)22)3-4-20-7-15-26(23)27(24)16-8-20/h5-11,14-17H,3-4,12-13,18H2,1-2H3. The van der Waals surface area contributed by atoms with Gasteiger partial charge in [0.2, 0.25) is 0 Å². The molecule has 0 aromatic rings. The molecule has 0 aromatic heterocycles. The molecule has 0 heterocycles. The van der Waals surface area contributed by atoms with E-state index in [1.807, 2.05) is 0 Å². The van der Waals surface area contributed by atoms with Crippen LogP contribution in [0.3, 0.4) is 0 Å². The Kier molecular flexibility index (Phi) is 4.41. The molecule has 0 unspecified atom stereocenters. The van der Waals surface area contributed by atoms with Gasteiger partial charge in [-0.1, -0.05) is 66.7 Å². The van der Waals surface area contributed by atoms with Gasteiger partial charge in [-0.2, -0.15) is 0 Å². The fraction of sp³-hybridized carbons (Fsp3) is 0.259. The monoisotopic (exact) mass is 365 g/mol. The molecule has 0 radical (unpaired) electrons. The molecule has 5 rings (SSSR count). The number of aryl methyl sites for hydroxylation is 4. The van der Waals surface area contributed by atoms with E-state index < -0.39 is 0 Å². The molecule has 28 heavy (non-hydrogen) atoms. The molecule has 5 aliphatic rings. The third-order valence-electron chi connectivity index (χ3n) is 6.17. The van der Waals surface area contributed by atoms with Crippen LogP contribution in [-0.4, -0.2) is 19.0 Å². The average Bonchev–Trinajstić information content (AvgIpc) is 3.01. The molecule has 0 aromatic carbocycles. The summed E-state index contributed by atoms with van der Waals surface area (Å²) >= 11 is 0. The maximum absolute atomic E-state index is 2.44. The summed E-state index contributed by atoms with van der Waals surface area (Å²) in [6.45, 7) is 0.992. The van der Waals surface area contributed by atoms with Gasteiger partial charge in [-0.15, -0.1) is 0 Å². The van der Waals surface area contributed by atoms with E-state index >= 15 is 0 Å². The van der Waals surface area contributed by atoms with Gasteiger partial charge < -0.3 is 4.90 Å². The van der Waals surface area contributed by atoms with Crippen molar-refractivity contribution in [3.63, 3.8) is 0 Å². The number of rotatable bonds is 2. The molecule has 0 fully saturated rings. The Labute approximate surface area is 168 Å². The Morgan fingerprint density at radius 3 is 1.96 bits per heavy atom. The fourth-order valence-corrected chi connectivity index (χ4v) is 4.68. The highest BCUT2D eigenvalue weighted by Crippen LogP contribution is 2.35. The van der Waals surface area contributed by atoms with Gasteiger partial charge in [-0.05, 0) is 89.8 Å². The minimum atomic E-state index is 0.992. The zero-order valence-electron chi connectivity index (χ0n) is 16.8. The molecule has 0 spiro atoms. The molecule has 0 amide bonds. The molecule has 140 valence electrons. The summed E-state index contributed by atoms with van der Waals surface area (Å²) < 4.78 is 0. The summed E-state index contributed by atoms with van der Waals surface area (Å²) in [6.07, 6.45) is 4.34. The lowest BCUT2D eigenvalue weighted by Crippen LogP contribution is -2.10. The second-order valence-corrected chi connectivity index (χ2v) is 8.47. The van der Waals surface area contributed by atoms with Crippen LogP contribution in [0.2, 0.25) is 0 Å². The minimum absolute atomic E-state index is 0.992. The Balaban J connectivity index is 1.65. The first-order valence-electron chi connectivity index (χ1n) is 10.4. The molecule has 0 aliphatic heterocycles. The Morgan fingerprint density at radius 2 is 1.21 bits per heavy atom. The van der Waals surface area contributed by atoms with E-state index in [1.165, 1.54) is 50.1 Å². The van der Waals surface area contributed by atoms with Crippen LogP contribution in [0.25, 0.3) is 22.3 Å². The first kappa shape index (κ1) is 17.5. The van der Waals surface area contributed by atoms with Crippen LogP contribution in [0.15, 0.2) is 66.7 Å². The maximum Gasteiger partial charge on any atom is 0.0233 e. The van der Waals surface area contributed by atoms with Gasteiger partial charge in [0.15, 0.2) is 0 Å². The summed E-state index contributed by atoms with van der Waals surface area (Å²) in [5.74, 6) is 0. The van der Waals surface area contributed by atoms with E-state index in [4.69, 9.17) is 0 Å². The van der Waals surface area contributed by atoms with Crippen molar-refractivity contribution < 1.29 is 0 Å². The van der Waals surface area contributed by atoms with Gasteiger partial charge in [0.05, 0.1) is 0 Å². The zero-order chi connectivity index (χ0) is 19.1. The number of nitrogens with zero attached hydrogens (tertiary/aromatic N) is 1. The molecule has 0 saturated heterocycles. The van der Waals surface area contributed by atoms with Crippen molar-refractivity contribution in [2.24, 2.45) is 0 Å². The predicted molar refractivity (Wildman–Crippen MR) is 118 cm³/mol. The van der Waals surface area contributed by atoms with E-state index in [1.54, 1.807) is 0 Å². The van der Waals surface area contributed by atoms with E-state index in [0.717, 1.165) is 32.2 Å². The van der Waals surface area contributed by atoms with Crippen LogP contribution in [0, 0.1) is 0 Å². The Hall–Kier alpha value is -2.64. The van der Waals surface area contributed by atoms with Crippen LogP contribution in [0.1, 0.15) is 27.8 Å². The lowest BCUT2D eigenvalue weighted by Gasteiger charge is -2.09. The van der Waals surface area contributed by atoms with Crippen molar-refractivity contribution in [1.29, 1.82) is 0 Å². The highest BCUT2D eigenvalue weighted by atomic mass is 15.0. The van der Waals surface area contributed by atoms with Crippen molar-refractivity contribution >= 4 is 0 Å². The molecule has 1 nitrogen and oxygen atoms in total. The predicted octanol–water partition coefficient (Wildman–Crippen LogP) is 5.84. The van der Waals surface area contributed by atoms with Gasteiger partial charge in [-0.3, -0.25) is 0 Å². The Morgan fingerprint density at radius 1 is 0.607 bits per heavy atom. The van der Waals surface area contributed by atoms with Crippen LogP contribution >= 0.6 is 0 Å². The van der Waals surface area contributed by atoms with Gasteiger partial charge in [0.1, 0.15) is 0 Å². The lowest BCUT2D eigenvalue weighted by atomic mass is 10.0. The average molecular weight is 366 g/mol. The smallest absolute Gasteiger partial charge is 0.0233 e. The minimum Gasteiger partial charge on any atom is -0.305 e. The van der Waals surface area contributed by atoms with Crippen LogP contribution in [-0.2, 0) is 32.2 Å². The molecule has 0 saturated carbocycles. The van der Waals surface area contributed by atoms with Crippen LogP contribution in [0.4, 0.5) is 0 Å². The number of fused-ring (bicyclic) bond motifs is 4. The van der Waals surface area contributed by atoms with E-state index in [0.29, 0.717) is 0 Å². The van der Waals surface area contributed by atoms with Gasteiger partial charge in [0, 0.05) is 6.54 Å². The molecule has 1 heteroatoms. The Bertz CT molecular complexity index is 1080. The first-order chi connectivity index (χ1) is 13.7.